The fraction of sp³-hybridized carbons (Fsp3) is 0.154. The second-order valence-corrected chi connectivity index (χ2v) is 4.95. The number of nitrogen functional groups attached to an aromatic ring is 2. The van der Waals surface area contributed by atoms with E-state index in [4.69, 9.17) is 23.1 Å². The van der Waals surface area contributed by atoms with Crippen LogP contribution in [-0.4, -0.2) is 20.8 Å². The van der Waals surface area contributed by atoms with Gasteiger partial charge in [-0.1, -0.05) is 29.8 Å². The Morgan fingerprint density at radius 2 is 2.00 bits per heavy atom. The molecule has 20 heavy (non-hydrogen) atoms. The molecule has 0 atom stereocenters. The minimum Gasteiger partial charge on any atom is -0.383 e. The van der Waals surface area contributed by atoms with Gasteiger partial charge < -0.3 is 16.4 Å². The number of anilines is 2. The van der Waals surface area contributed by atoms with Crippen molar-refractivity contribution >= 4 is 29.3 Å². The van der Waals surface area contributed by atoms with Gasteiger partial charge in [-0.25, -0.2) is 4.98 Å². The number of benzene rings is 1. The molecule has 3 rings (SSSR count). The number of hydrogen-bond donors (Lipinski definition) is 2. The highest BCUT2D eigenvalue weighted by atomic mass is 35.5. The fourth-order valence-corrected chi connectivity index (χ4v) is 2.42. The summed E-state index contributed by atoms with van der Waals surface area (Å²) in [5.41, 5.74) is 13.1. The van der Waals surface area contributed by atoms with Crippen molar-refractivity contribution in [2.24, 2.45) is 0 Å². The van der Waals surface area contributed by atoms with E-state index in [-0.39, 0.29) is 23.4 Å². The van der Waals surface area contributed by atoms with Crippen LogP contribution in [0.25, 0.3) is 0 Å². The van der Waals surface area contributed by atoms with E-state index in [1.165, 1.54) is 0 Å². The molecule has 7 heteroatoms. The topological polar surface area (TPSA) is 98.1 Å². The first kappa shape index (κ1) is 12.7. The minimum absolute atomic E-state index is 0.00851. The standard InChI is InChI=1S/C13H12ClN5O/c14-9-4-2-1-3-7(9)5-19-6-8-10(12(19)20)17-13(16)18-11(8)15/h1-4H,5-6H2,(H4,15,16,17,18). The summed E-state index contributed by atoms with van der Waals surface area (Å²) in [5, 5.41) is 0.620. The smallest absolute Gasteiger partial charge is 0.273 e. The van der Waals surface area contributed by atoms with Gasteiger partial charge in [0.25, 0.3) is 5.91 Å². The Kier molecular flexibility index (Phi) is 2.94. The van der Waals surface area contributed by atoms with Crippen molar-refractivity contribution in [2.75, 3.05) is 11.5 Å². The molecule has 4 N–H and O–H groups in total. The van der Waals surface area contributed by atoms with Crippen LogP contribution in [0.4, 0.5) is 11.8 Å². The Balaban J connectivity index is 1.91. The lowest BCUT2D eigenvalue weighted by Crippen LogP contribution is -2.23. The van der Waals surface area contributed by atoms with Crippen LogP contribution in [0.15, 0.2) is 24.3 Å². The Morgan fingerprint density at radius 1 is 1.25 bits per heavy atom. The van der Waals surface area contributed by atoms with Crippen molar-refractivity contribution in [3.8, 4) is 0 Å². The minimum atomic E-state index is -0.208. The summed E-state index contributed by atoms with van der Waals surface area (Å²) in [4.78, 5) is 21.8. The van der Waals surface area contributed by atoms with Gasteiger partial charge in [0.1, 0.15) is 11.5 Å². The van der Waals surface area contributed by atoms with E-state index in [2.05, 4.69) is 9.97 Å². The molecule has 0 radical (unpaired) electrons. The molecule has 1 aliphatic rings. The first-order valence-corrected chi connectivity index (χ1v) is 6.38. The van der Waals surface area contributed by atoms with Crippen LogP contribution in [0.2, 0.25) is 5.02 Å². The Labute approximate surface area is 120 Å². The van der Waals surface area contributed by atoms with Gasteiger partial charge in [0.2, 0.25) is 5.95 Å². The van der Waals surface area contributed by atoms with Crippen LogP contribution in [0.3, 0.4) is 0 Å². The van der Waals surface area contributed by atoms with Crippen molar-refractivity contribution in [3.05, 3.63) is 46.1 Å². The third kappa shape index (κ3) is 2.04. The second-order valence-electron chi connectivity index (χ2n) is 4.55. The third-order valence-electron chi connectivity index (χ3n) is 3.21. The molecule has 0 spiro atoms. The van der Waals surface area contributed by atoms with E-state index in [1.54, 1.807) is 11.0 Å². The number of hydrogen-bond acceptors (Lipinski definition) is 5. The van der Waals surface area contributed by atoms with Crippen molar-refractivity contribution in [2.45, 2.75) is 13.1 Å². The molecule has 102 valence electrons. The van der Waals surface area contributed by atoms with Gasteiger partial charge in [-0.2, -0.15) is 4.98 Å². The second kappa shape index (κ2) is 4.64. The molecule has 0 fully saturated rings. The normalized spacial score (nSPS) is 13.7. The molecule has 0 unspecified atom stereocenters. The van der Waals surface area contributed by atoms with Crippen LogP contribution in [0, 0.1) is 0 Å². The van der Waals surface area contributed by atoms with Crippen LogP contribution in [0.5, 0.6) is 0 Å². The monoisotopic (exact) mass is 289 g/mol. The average molecular weight is 290 g/mol. The van der Waals surface area contributed by atoms with Gasteiger partial charge in [0.05, 0.1) is 6.54 Å². The molecule has 1 aliphatic heterocycles. The van der Waals surface area contributed by atoms with Crippen molar-refractivity contribution in [1.82, 2.24) is 14.9 Å². The Morgan fingerprint density at radius 3 is 2.75 bits per heavy atom. The van der Waals surface area contributed by atoms with Crippen LogP contribution in [-0.2, 0) is 13.1 Å². The number of nitrogens with two attached hydrogens (primary N) is 2. The fourth-order valence-electron chi connectivity index (χ4n) is 2.22. The molecular formula is C13H12ClN5O. The molecule has 0 saturated carbocycles. The van der Waals surface area contributed by atoms with E-state index < -0.39 is 0 Å². The summed E-state index contributed by atoms with van der Waals surface area (Å²) in [5.74, 6) is 0.0532. The zero-order valence-corrected chi connectivity index (χ0v) is 11.3. The van der Waals surface area contributed by atoms with Crippen molar-refractivity contribution in [1.29, 1.82) is 0 Å². The molecular weight excluding hydrogens is 278 g/mol. The molecule has 1 aromatic heterocycles. The summed E-state index contributed by atoms with van der Waals surface area (Å²) >= 11 is 6.11. The van der Waals surface area contributed by atoms with E-state index in [0.717, 1.165) is 5.56 Å². The van der Waals surface area contributed by atoms with E-state index in [0.29, 0.717) is 23.7 Å². The summed E-state index contributed by atoms with van der Waals surface area (Å²) in [6.07, 6.45) is 0. The number of nitrogens with zero attached hydrogens (tertiary/aromatic N) is 3. The summed E-state index contributed by atoms with van der Waals surface area (Å²) in [7, 11) is 0. The first-order valence-electron chi connectivity index (χ1n) is 6.01. The third-order valence-corrected chi connectivity index (χ3v) is 3.58. The zero-order valence-electron chi connectivity index (χ0n) is 10.5. The highest BCUT2D eigenvalue weighted by Gasteiger charge is 2.32. The SMILES string of the molecule is Nc1nc(N)c2c(n1)C(=O)N(Cc1ccccc1Cl)C2. The van der Waals surface area contributed by atoms with Crippen LogP contribution in [0.1, 0.15) is 21.6 Å². The summed E-state index contributed by atoms with van der Waals surface area (Å²) in [6.45, 7) is 0.764. The van der Waals surface area contributed by atoms with Gasteiger partial charge in [-0.05, 0) is 11.6 Å². The summed E-state index contributed by atoms with van der Waals surface area (Å²) in [6, 6.07) is 7.39. The van der Waals surface area contributed by atoms with Gasteiger partial charge in [-0.15, -0.1) is 0 Å². The molecule has 1 amide bonds. The lowest BCUT2D eigenvalue weighted by atomic mass is 10.2. The predicted molar refractivity (Wildman–Crippen MR) is 75.9 cm³/mol. The Hall–Kier alpha value is -2.34. The lowest BCUT2D eigenvalue weighted by molar-refractivity contribution is 0.0762. The number of rotatable bonds is 2. The van der Waals surface area contributed by atoms with Crippen LogP contribution < -0.4 is 11.5 Å². The van der Waals surface area contributed by atoms with Gasteiger partial charge >= 0.3 is 0 Å². The number of fused-ring (bicyclic) bond motifs is 1. The number of halogens is 1. The molecule has 1 aromatic carbocycles. The number of aromatic nitrogens is 2. The highest BCUT2D eigenvalue weighted by Crippen LogP contribution is 2.28. The van der Waals surface area contributed by atoms with Crippen molar-refractivity contribution < 1.29 is 4.79 Å². The molecule has 0 saturated heterocycles. The highest BCUT2D eigenvalue weighted by molar-refractivity contribution is 6.31. The van der Waals surface area contributed by atoms with Crippen LogP contribution >= 0.6 is 11.6 Å². The summed E-state index contributed by atoms with van der Waals surface area (Å²) < 4.78 is 0. The molecule has 0 bridgehead atoms. The quantitative estimate of drug-likeness (QED) is 0.872. The Bertz CT molecular complexity index is 703. The molecule has 0 aliphatic carbocycles. The molecule has 2 heterocycles. The van der Waals surface area contributed by atoms with Crippen molar-refractivity contribution in [3.63, 3.8) is 0 Å². The van der Waals surface area contributed by atoms with E-state index >= 15 is 0 Å². The van der Waals surface area contributed by atoms with E-state index in [9.17, 15) is 4.79 Å². The predicted octanol–water partition coefficient (Wildman–Crippen LogP) is 1.45. The lowest BCUT2D eigenvalue weighted by Gasteiger charge is -2.16. The van der Waals surface area contributed by atoms with Gasteiger partial charge in [0.15, 0.2) is 0 Å². The maximum Gasteiger partial charge on any atom is 0.273 e. The maximum atomic E-state index is 12.3. The van der Waals surface area contributed by atoms with Gasteiger partial charge in [0, 0.05) is 17.1 Å². The maximum absolute atomic E-state index is 12.3. The number of carbonyl (C=O) groups excluding carboxylic acids is 1. The van der Waals surface area contributed by atoms with E-state index in [1.807, 2.05) is 18.2 Å². The first-order chi connectivity index (χ1) is 9.56. The van der Waals surface area contributed by atoms with Gasteiger partial charge in [-0.3, -0.25) is 4.79 Å². The number of amides is 1. The number of carbonyl (C=O) groups is 1. The average Bonchev–Trinajstić information content (AvgIpc) is 2.71. The largest absolute Gasteiger partial charge is 0.383 e. The molecule has 6 nitrogen and oxygen atoms in total. The zero-order chi connectivity index (χ0) is 14.3. The molecule has 2 aromatic rings.